The van der Waals surface area contributed by atoms with Crippen molar-refractivity contribution < 1.29 is 4.74 Å². The van der Waals surface area contributed by atoms with Crippen LogP contribution in [-0.2, 0) is 24.9 Å². The summed E-state index contributed by atoms with van der Waals surface area (Å²) in [4.78, 5) is 28.5. The van der Waals surface area contributed by atoms with Gasteiger partial charge in [-0.25, -0.2) is 4.79 Å². The van der Waals surface area contributed by atoms with E-state index < -0.39 is 0 Å². The number of hydrogen-bond donors (Lipinski definition) is 1. The second-order valence-corrected chi connectivity index (χ2v) is 5.73. The van der Waals surface area contributed by atoms with Crippen LogP contribution in [0.1, 0.15) is 13.3 Å². The molecule has 0 saturated carbocycles. The number of ether oxygens (including phenoxy) is 1. The molecule has 0 saturated heterocycles. The molecule has 128 valence electrons. The van der Waals surface area contributed by atoms with Gasteiger partial charge in [0.25, 0.3) is 5.56 Å². The SMILES string of the molecule is CCCn1c(=O)n(CCOC)c(=O)c2[nH]c(-c3cnn(C)c3)cc21. The molecule has 0 aliphatic rings. The summed E-state index contributed by atoms with van der Waals surface area (Å²) in [5.41, 5.74) is 2.06. The van der Waals surface area contributed by atoms with Crippen molar-refractivity contribution in [1.29, 1.82) is 0 Å². The number of fused-ring (bicyclic) bond motifs is 1. The van der Waals surface area contributed by atoms with Crippen molar-refractivity contribution in [2.75, 3.05) is 13.7 Å². The maximum absolute atomic E-state index is 12.7. The predicted molar refractivity (Wildman–Crippen MR) is 91.2 cm³/mol. The van der Waals surface area contributed by atoms with E-state index in [2.05, 4.69) is 10.1 Å². The number of aromatic nitrogens is 5. The number of aromatic amines is 1. The monoisotopic (exact) mass is 331 g/mol. The van der Waals surface area contributed by atoms with E-state index in [1.807, 2.05) is 26.2 Å². The minimum atomic E-state index is -0.324. The molecule has 8 heteroatoms. The van der Waals surface area contributed by atoms with Crippen LogP contribution in [0.15, 0.2) is 28.0 Å². The number of hydrogen-bond acceptors (Lipinski definition) is 4. The lowest BCUT2D eigenvalue weighted by Crippen LogP contribution is -2.40. The van der Waals surface area contributed by atoms with Crippen molar-refractivity contribution in [2.45, 2.75) is 26.4 Å². The molecule has 24 heavy (non-hydrogen) atoms. The molecule has 8 nitrogen and oxygen atoms in total. The van der Waals surface area contributed by atoms with Gasteiger partial charge in [0.15, 0.2) is 0 Å². The Balaban J connectivity index is 2.26. The Morgan fingerprint density at radius 3 is 2.67 bits per heavy atom. The lowest BCUT2D eigenvalue weighted by molar-refractivity contribution is 0.184. The van der Waals surface area contributed by atoms with Gasteiger partial charge in [-0.2, -0.15) is 5.10 Å². The highest BCUT2D eigenvalue weighted by Crippen LogP contribution is 2.21. The largest absolute Gasteiger partial charge is 0.383 e. The Labute approximate surface area is 138 Å². The summed E-state index contributed by atoms with van der Waals surface area (Å²) in [7, 11) is 3.38. The first-order chi connectivity index (χ1) is 11.6. The Hall–Kier alpha value is -2.61. The van der Waals surface area contributed by atoms with Gasteiger partial charge in [0, 0.05) is 32.5 Å². The number of rotatable bonds is 6. The molecular weight excluding hydrogens is 310 g/mol. The van der Waals surface area contributed by atoms with Crippen molar-refractivity contribution in [2.24, 2.45) is 7.05 Å². The standard InChI is InChI=1S/C16H21N5O3/c1-4-5-20-13-8-12(11-9-17-19(2)10-11)18-14(13)15(22)21(16(20)23)6-7-24-3/h8-10,18H,4-7H2,1-3H3. The number of nitrogens with one attached hydrogen (secondary N) is 1. The second kappa shape index (κ2) is 6.48. The van der Waals surface area contributed by atoms with Crippen LogP contribution < -0.4 is 11.2 Å². The highest BCUT2D eigenvalue weighted by Gasteiger charge is 2.16. The smallest absolute Gasteiger partial charge is 0.331 e. The summed E-state index contributed by atoms with van der Waals surface area (Å²) < 4.78 is 9.58. The summed E-state index contributed by atoms with van der Waals surface area (Å²) in [5.74, 6) is 0. The van der Waals surface area contributed by atoms with Gasteiger partial charge in [-0.1, -0.05) is 6.92 Å². The fourth-order valence-corrected chi connectivity index (χ4v) is 2.83. The number of methoxy groups -OCH3 is 1. The average molecular weight is 331 g/mol. The first-order valence-electron chi connectivity index (χ1n) is 7.91. The minimum Gasteiger partial charge on any atom is -0.383 e. The molecule has 1 N–H and O–H groups in total. The zero-order valence-corrected chi connectivity index (χ0v) is 14.1. The molecule has 0 unspecified atom stereocenters. The van der Waals surface area contributed by atoms with Crippen LogP contribution in [0.2, 0.25) is 0 Å². The highest BCUT2D eigenvalue weighted by atomic mass is 16.5. The molecule has 3 heterocycles. The van der Waals surface area contributed by atoms with Crippen LogP contribution in [0.4, 0.5) is 0 Å². The van der Waals surface area contributed by atoms with Crippen molar-refractivity contribution in [1.82, 2.24) is 23.9 Å². The third kappa shape index (κ3) is 2.69. The van der Waals surface area contributed by atoms with Crippen LogP contribution in [-0.4, -0.2) is 37.6 Å². The van der Waals surface area contributed by atoms with E-state index in [1.165, 1.54) is 4.57 Å². The van der Waals surface area contributed by atoms with E-state index in [9.17, 15) is 9.59 Å². The van der Waals surface area contributed by atoms with Gasteiger partial charge in [-0.3, -0.25) is 18.6 Å². The van der Waals surface area contributed by atoms with Gasteiger partial charge in [0.05, 0.1) is 30.6 Å². The Morgan fingerprint density at radius 1 is 1.25 bits per heavy atom. The molecule has 3 aromatic heterocycles. The molecule has 0 bridgehead atoms. The lowest BCUT2D eigenvalue weighted by Gasteiger charge is -2.10. The van der Waals surface area contributed by atoms with Crippen LogP contribution in [0.25, 0.3) is 22.3 Å². The Morgan fingerprint density at radius 2 is 2.04 bits per heavy atom. The summed E-state index contributed by atoms with van der Waals surface area (Å²) in [6, 6.07) is 1.84. The van der Waals surface area contributed by atoms with E-state index in [4.69, 9.17) is 4.74 Å². The van der Waals surface area contributed by atoms with Crippen LogP contribution in [0.3, 0.4) is 0 Å². The van der Waals surface area contributed by atoms with Gasteiger partial charge in [0.1, 0.15) is 5.52 Å². The number of nitrogens with zero attached hydrogens (tertiary/aromatic N) is 4. The molecule has 0 aliphatic heterocycles. The maximum Gasteiger partial charge on any atom is 0.331 e. The van der Waals surface area contributed by atoms with Crippen molar-refractivity contribution >= 4 is 11.0 Å². The molecule has 0 spiro atoms. The summed E-state index contributed by atoms with van der Waals surface area (Å²) in [6.45, 7) is 3.09. The highest BCUT2D eigenvalue weighted by molar-refractivity contribution is 5.82. The molecular formula is C16H21N5O3. The topological polar surface area (TPSA) is 86.8 Å². The third-order valence-electron chi connectivity index (χ3n) is 3.99. The molecule has 3 rings (SSSR count). The molecule has 3 aromatic rings. The third-order valence-corrected chi connectivity index (χ3v) is 3.99. The molecule has 0 atom stereocenters. The van der Waals surface area contributed by atoms with Gasteiger partial charge in [0.2, 0.25) is 0 Å². The Bertz CT molecular complexity index is 976. The predicted octanol–water partition coefficient (Wildman–Crippen LogP) is 0.948. The summed E-state index contributed by atoms with van der Waals surface area (Å²) >= 11 is 0. The van der Waals surface area contributed by atoms with Gasteiger partial charge >= 0.3 is 5.69 Å². The number of aryl methyl sites for hydroxylation is 2. The first-order valence-corrected chi connectivity index (χ1v) is 7.91. The van der Waals surface area contributed by atoms with Gasteiger partial charge in [-0.15, -0.1) is 0 Å². The average Bonchev–Trinajstić information content (AvgIpc) is 3.18. The van der Waals surface area contributed by atoms with E-state index in [0.717, 1.165) is 17.7 Å². The quantitative estimate of drug-likeness (QED) is 0.728. The Kier molecular flexibility index (Phi) is 4.39. The molecule has 0 aliphatic carbocycles. The second-order valence-electron chi connectivity index (χ2n) is 5.73. The van der Waals surface area contributed by atoms with Crippen LogP contribution >= 0.6 is 0 Å². The lowest BCUT2D eigenvalue weighted by atomic mass is 10.2. The van der Waals surface area contributed by atoms with E-state index >= 15 is 0 Å². The van der Waals surface area contributed by atoms with Gasteiger partial charge < -0.3 is 9.72 Å². The first kappa shape index (κ1) is 16.3. The fourth-order valence-electron chi connectivity index (χ4n) is 2.83. The van der Waals surface area contributed by atoms with E-state index in [0.29, 0.717) is 24.2 Å². The zero-order valence-electron chi connectivity index (χ0n) is 14.1. The molecule has 0 radical (unpaired) electrons. The van der Waals surface area contributed by atoms with Crippen LogP contribution in [0.5, 0.6) is 0 Å². The minimum absolute atomic E-state index is 0.231. The van der Waals surface area contributed by atoms with Crippen LogP contribution in [0, 0.1) is 0 Å². The van der Waals surface area contributed by atoms with Crippen molar-refractivity contribution in [3.8, 4) is 11.3 Å². The van der Waals surface area contributed by atoms with Crippen molar-refractivity contribution in [3.63, 3.8) is 0 Å². The zero-order chi connectivity index (χ0) is 17.3. The summed E-state index contributed by atoms with van der Waals surface area (Å²) in [5, 5.41) is 4.15. The van der Waals surface area contributed by atoms with Crippen molar-refractivity contribution in [3.05, 3.63) is 39.3 Å². The van der Waals surface area contributed by atoms with Gasteiger partial charge in [-0.05, 0) is 12.5 Å². The summed E-state index contributed by atoms with van der Waals surface area (Å²) in [6.07, 6.45) is 4.37. The normalized spacial score (nSPS) is 11.5. The fraction of sp³-hybridized carbons (Fsp3) is 0.438. The number of H-pyrrole nitrogens is 1. The van der Waals surface area contributed by atoms with E-state index in [-0.39, 0.29) is 17.8 Å². The molecule has 0 aromatic carbocycles. The maximum atomic E-state index is 12.7. The molecule has 0 amide bonds. The molecule has 0 fully saturated rings. The van der Waals surface area contributed by atoms with E-state index in [1.54, 1.807) is 22.6 Å².